The second-order valence-corrected chi connectivity index (χ2v) is 11.2. The number of esters is 1. The average Bonchev–Trinajstić information content (AvgIpc) is 2.65. The van der Waals surface area contributed by atoms with E-state index in [2.05, 4.69) is 78.4 Å². The number of anilines is 2. The Labute approximate surface area is 218 Å². The Hall–Kier alpha value is -0.220. The van der Waals surface area contributed by atoms with Crippen molar-refractivity contribution >= 4 is 96.9 Å². The van der Waals surface area contributed by atoms with Gasteiger partial charge in [-0.15, -0.1) is 0 Å². The van der Waals surface area contributed by atoms with Crippen molar-refractivity contribution in [3.05, 3.63) is 16.3 Å². The molecule has 1 aromatic carbocycles. The van der Waals surface area contributed by atoms with E-state index in [4.69, 9.17) is 4.74 Å². The maximum absolute atomic E-state index is 13.4. The summed E-state index contributed by atoms with van der Waals surface area (Å²) in [5, 5.41) is 5.10. The summed E-state index contributed by atoms with van der Waals surface area (Å²) in [5.41, 5.74) is 0.870. The number of carbonyl (C=O) groups excluding carboxylic acids is 3. The molecule has 30 heavy (non-hydrogen) atoms. The summed E-state index contributed by atoms with van der Waals surface area (Å²) in [7, 11) is 1.66. The molecule has 0 radical (unpaired) electrons. The van der Waals surface area contributed by atoms with Gasteiger partial charge in [0, 0.05) is 39.7 Å². The molecule has 1 fully saturated rings. The molecular weight excluding hydrogens is 727 g/mol. The van der Waals surface area contributed by atoms with E-state index in [1.165, 1.54) is 18.7 Å². The van der Waals surface area contributed by atoms with Crippen molar-refractivity contribution in [1.82, 2.24) is 0 Å². The van der Waals surface area contributed by atoms with Crippen LogP contribution in [0.25, 0.3) is 0 Å². The SMILES string of the molecule is CC(=O)Nc1c(I)c(C(=O)OC(C)(C)C2CC[NH2+]CC2)c(I)c(N(C)C(C)=O)c1I. The number of nitrogens with zero attached hydrogens (tertiary/aromatic N) is 1. The van der Waals surface area contributed by atoms with E-state index in [1.54, 1.807) is 7.05 Å². The Morgan fingerprint density at radius 1 is 1.07 bits per heavy atom. The molecule has 1 aromatic rings. The Morgan fingerprint density at radius 2 is 1.63 bits per heavy atom. The predicted octanol–water partition coefficient (Wildman–Crippen LogP) is 3.35. The number of piperidine rings is 1. The van der Waals surface area contributed by atoms with Crippen LogP contribution in [0.1, 0.15) is 50.9 Å². The highest BCUT2D eigenvalue weighted by Crippen LogP contribution is 2.41. The number of benzene rings is 1. The van der Waals surface area contributed by atoms with Crippen molar-refractivity contribution in [2.45, 2.75) is 46.1 Å². The fraction of sp³-hybridized carbons (Fsp3) is 0.550. The second-order valence-electron chi connectivity index (χ2n) is 7.93. The average molecular weight is 754 g/mol. The van der Waals surface area contributed by atoms with Gasteiger partial charge >= 0.3 is 5.97 Å². The maximum Gasteiger partial charge on any atom is 0.340 e. The summed E-state index contributed by atoms with van der Waals surface area (Å²) in [4.78, 5) is 38.8. The minimum Gasteiger partial charge on any atom is -0.456 e. The van der Waals surface area contributed by atoms with Gasteiger partial charge in [-0.2, -0.15) is 0 Å². The third-order valence-electron chi connectivity index (χ3n) is 5.38. The Bertz CT molecular complexity index is 868. The van der Waals surface area contributed by atoms with Gasteiger partial charge in [-0.3, -0.25) is 9.59 Å². The number of nitrogens with two attached hydrogens (primary N) is 1. The lowest BCUT2D eigenvalue weighted by atomic mass is 9.83. The first kappa shape index (κ1) is 26.0. The number of rotatable bonds is 5. The van der Waals surface area contributed by atoms with Crippen LogP contribution in [0.15, 0.2) is 0 Å². The molecule has 0 atom stereocenters. The topological polar surface area (TPSA) is 92.3 Å². The molecule has 2 amide bonds. The number of carbonyl (C=O) groups is 3. The summed E-state index contributed by atoms with van der Waals surface area (Å²) >= 11 is 6.26. The van der Waals surface area contributed by atoms with Crippen LogP contribution in [0.5, 0.6) is 0 Å². The standard InChI is InChI=1S/C20H26I3N3O4/c1-10(27)25-17-14(21)13(15(22)18(16(17)23)26(5)11(2)28)19(29)30-20(3,4)12-6-8-24-9-7-12/h12,24H,6-9H2,1-5H3,(H,25,27)/p+1. The van der Waals surface area contributed by atoms with E-state index >= 15 is 0 Å². The van der Waals surface area contributed by atoms with Crippen LogP contribution in [-0.2, 0) is 14.3 Å². The van der Waals surface area contributed by atoms with Crippen molar-refractivity contribution < 1.29 is 24.4 Å². The Kier molecular flexibility index (Phi) is 9.20. The molecule has 0 spiro atoms. The van der Waals surface area contributed by atoms with Crippen molar-refractivity contribution in [3.8, 4) is 0 Å². The minimum atomic E-state index is -0.610. The number of ether oxygens (including phenoxy) is 1. The zero-order valence-electron chi connectivity index (χ0n) is 17.7. The summed E-state index contributed by atoms with van der Waals surface area (Å²) in [6.07, 6.45) is 1.99. The van der Waals surface area contributed by atoms with Crippen LogP contribution in [0.3, 0.4) is 0 Å². The smallest absolute Gasteiger partial charge is 0.340 e. The van der Waals surface area contributed by atoms with Gasteiger partial charge in [-0.25, -0.2) is 4.79 Å². The van der Waals surface area contributed by atoms with Crippen molar-refractivity contribution in [3.63, 3.8) is 0 Å². The molecular formula is C20H27I3N3O4+. The highest BCUT2D eigenvalue weighted by molar-refractivity contribution is 14.1. The number of quaternary nitrogens is 1. The van der Waals surface area contributed by atoms with E-state index in [9.17, 15) is 14.4 Å². The van der Waals surface area contributed by atoms with Crippen LogP contribution < -0.4 is 15.5 Å². The first-order valence-corrected chi connectivity index (χ1v) is 12.9. The quantitative estimate of drug-likeness (QED) is 0.357. The molecule has 0 aliphatic carbocycles. The van der Waals surface area contributed by atoms with Crippen molar-refractivity contribution in [2.75, 3.05) is 30.4 Å². The zero-order valence-corrected chi connectivity index (χ0v) is 24.2. The van der Waals surface area contributed by atoms with E-state index in [-0.39, 0.29) is 11.8 Å². The monoisotopic (exact) mass is 754 g/mol. The molecule has 1 aliphatic rings. The lowest BCUT2D eigenvalue weighted by molar-refractivity contribution is -0.665. The first-order chi connectivity index (χ1) is 13.9. The lowest BCUT2D eigenvalue weighted by Crippen LogP contribution is -2.86. The van der Waals surface area contributed by atoms with Gasteiger partial charge in [-0.1, -0.05) is 0 Å². The number of hydrogen-bond donors (Lipinski definition) is 2. The third-order valence-corrected chi connectivity index (χ3v) is 8.56. The largest absolute Gasteiger partial charge is 0.456 e. The van der Waals surface area contributed by atoms with Crippen molar-refractivity contribution in [2.24, 2.45) is 5.92 Å². The lowest BCUT2D eigenvalue weighted by Gasteiger charge is -2.36. The Morgan fingerprint density at radius 3 is 2.13 bits per heavy atom. The van der Waals surface area contributed by atoms with Crippen LogP contribution in [0.4, 0.5) is 11.4 Å². The number of amides is 2. The molecule has 0 bridgehead atoms. The van der Waals surface area contributed by atoms with Crippen LogP contribution in [-0.4, -0.2) is 43.5 Å². The van der Waals surface area contributed by atoms with Crippen LogP contribution >= 0.6 is 67.8 Å². The highest BCUT2D eigenvalue weighted by Gasteiger charge is 2.37. The van der Waals surface area contributed by atoms with Gasteiger partial charge < -0.3 is 20.3 Å². The fourth-order valence-corrected chi connectivity index (χ4v) is 8.16. The minimum absolute atomic E-state index is 0.168. The maximum atomic E-state index is 13.4. The Balaban J connectivity index is 2.56. The second kappa shape index (κ2) is 10.6. The van der Waals surface area contributed by atoms with E-state index in [0.717, 1.165) is 25.9 Å². The van der Waals surface area contributed by atoms with Gasteiger partial charge in [0.05, 0.1) is 40.7 Å². The summed E-state index contributed by atoms with van der Waals surface area (Å²) in [6.45, 7) is 8.87. The molecule has 0 unspecified atom stereocenters. The molecule has 10 heteroatoms. The molecule has 0 aromatic heterocycles. The molecule has 2 rings (SSSR count). The van der Waals surface area contributed by atoms with Gasteiger partial charge in [0.1, 0.15) is 5.60 Å². The fourth-order valence-electron chi connectivity index (χ4n) is 3.56. The molecule has 166 valence electrons. The van der Waals surface area contributed by atoms with Gasteiger partial charge in [0.2, 0.25) is 11.8 Å². The van der Waals surface area contributed by atoms with Gasteiger partial charge in [0.15, 0.2) is 0 Å². The number of hydrogen-bond acceptors (Lipinski definition) is 4. The highest BCUT2D eigenvalue weighted by atomic mass is 127. The van der Waals surface area contributed by atoms with Gasteiger partial charge in [-0.05, 0) is 81.6 Å². The molecule has 0 saturated carbocycles. The van der Waals surface area contributed by atoms with Crippen LogP contribution in [0, 0.1) is 16.6 Å². The van der Waals surface area contributed by atoms with E-state index in [1.807, 2.05) is 13.8 Å². The van der Waals surface area contributed by atoms with Crippen LogP contribution in [0.2, 0.25) is 0 Å². The molecule has 3 N–H and O–H groups in total. The first-order valence-electron chi connectivity index (χ1n) is 9.65. The third kappa shape index (κ3) is 5.77. The van der Waals surface area contributed by atoms with E-state index < -0.39 is 11.6 Å². The number of nitrogens with one attached hydrogen (secondary N) is 1. The summed E-state index contributed by atoms with van der Waals surface area (Å²) in [6, 6.07) is 0. The number of halogens is 3. The molecule has 1 heterocycles. The normalized spacial score (nSPS) is 14.9. The van der Waals surface area contributed by atoms with Gasteiger partial charge in [0.25, 0.3) is 0 Å². The molecule has 7 nitrogen and oxygen atoms in total. The molecule has 1 aliphatic heterocycles. The zero-order chi connectivity index (χ0) is 22.8. The summed E-state index contributed by atoms with van der Waals surface area (Å²) < 4.78 is 7.98. The van der Waals surface area contributed by atoms with E-state index in [0.29, 0.717) is 33.6 Å². The summed E-state index contributed by atoms with van der Waals surface area (Å²) in [5.74, 6) is -0.565. The molecule has 1 saturated heterocycles. The van der Waals surface area contributed by atoms with Crippen molar-refractivity contribution in [1.29, 1.82) is 0 Å². The predicted molar refractivity (Wildman–Crippen MR) is 142 cm³/mol.